The van der Waals surface area contributed by atoms with Crippen molar-refractivity contribution in [3.05, 3.63) is 56.1 Å². The molecule has 9 heteroatoms. The zero-order valence-corrected chi connectivity index (χ0v) is 19.1. The zero-order chi connectivity index (χ0) is 24.8. The van der Waals surface area contributed by atoms with Crippen LogP contribution in [-0.2, 0) is 9.59 Å². The van der Waals surface area contributed by atoms with Crippen molar-refractivity contribution in [1.82, 2.24) is 0 Å². The first kappa shape index (κ1) is 18.3. The topological polar surface area (TPSA) is 103 Å². The van der Waals surface area contributed by atoms with Gasteiger partial charge in [-0.05, 0) is 63.0 Å². The monoisotopic (exact) mass is 541 g/mol. The molecular weight excluding hydrogens is 524 g/mol. The number of ketones is 1. The van der Waals surface area contributed by atoms with Gasteiger partial charge in [-0.1, -0.05) is 0 Å². The number of aliphatic hydroxyl groups is 1. The van der Waals surface area contributed by atoms with Crippen molar-refractivity contribution in [2.24, 2.45) is 0 Å². The lowest BCUT2D eigenvalue weighted by Crippen LogP contribution is -2.08. The summed E-state index contributed by atoms with van der Waals surface area (Å²) >= 11 is 6.50. The van der Waals surface area contributed by atoms with Crippen LogP contribution in [0.1, 0.15) is 52.7 Å². The third-order valence-corrected chi connectivity index (χ3v) is 5.00. The van der Waals surface area contributed by atoms with Crippen LogP contribution < -0.4 is 9.47 Å². The molecule has 7 nitrogen and oxygen atoms in total. The number of rotatable bonds is 5. The first-order chi connectivity index (χ1) is 15.3. The van der Waals surface area contributed by atoms with Gasteiger partial charge in [-0.2, -0.15) is 0 Å². The van der Waals surface area contributed by atoms with E-state index >= 15 is 0 Å². The van der Waals surface area contributed by atoms with E-state index in [1.165, 1.54) is 26.0 Å². The van der Waals surface area contributed by atoms with Gasteiger partial charge in [-0.25, -0.2) is 0 Å². The van der Waals surface area contributed by atoms with Gasteiger partial charge in [0, 0.05) is 30.8 Å². The van der Waals surface area contributed by atoms with Gasteiger partial charge < -0.3 is 19.0 Å². The van der Waals surface area contributed by atoms with Crippen molar-refractivity contribution < 1.29 is 37.5 Å². The molecule has 3 aromatic rings. The Balaban J connectivity index is 2.30. The average molecular weight is 543 g/mol. The van der Waals surface area contributed by atoms with Crippen LogP contribution in [-0.4, -0.2) is 22.8 Å². The second-order valence-corrected chi connectivity index (χ2v) is 7.92. The molecule has 0 aliphatic heterocycles. The molecule has 3 rings (SSSR count). The molecule has 30 heavy (non-hydrogen) atoms. The second-order valence-electron chi connectivity index (χ2n) is 6.21. The molecule has 1 heterocycles. The van der Waals surface area contributed by atoms with Crippen LogP contribution in [0.15, 0.2) is 43.6 Å². The predicted molar refractivity (Wildman–Crippen MR) is 115 cm³/mol. The molecule has 0 saturated carbocycles. The van der Waals surface area contributed by atoms with Crippen molar-refractivity contribution in [2.45, 2.75) is 26.9 Å². The van der Waals surface area contributed by atoms with Gasteiger partial charge in [0.05, 0.1) is 18.6 Å². The maximum absolute atomic E-state index is 13.5. The van der Waals surface area contributed by atoms with E-state index in [4.69, 9.17) is 18.0 Å². The van der Waals surface area contributed by atoms with Crippen molar-refractivity contribution >= 4 is 60.6 Å². The molecule has 1 aromatic heterocycles. The first-order valence-corrected chi connectivity index (χ1v) is 10.1. The summed E-state index contributed by atoms with van der Waals surface area (Å²) in [4.78, 5) is 36.2. The van der Waals surface area contributed by atoms with Gasteiger partial charge in [0.25, 0.3) is 0 Å². The Bertz CT molecular complexity index is 1310. The van der Waals surface area contributed by atoms with Crippen molar-refractivity contribution in [2.75, 3.05) is 0 Å². The van der Waals surface area contributed by atoms with Gasteiger partial charge >= 0.3 is 11.9 Å². The van der Waals surface area contributed by atoms with Crippen molar-refractivity contribution in [3.8, 4) is 11.5 Å². The summed E-state index contributed by atoms with van der Waals surface area (Å²) in [7, 11) is 0. The smallest absolute Gasteiger partial charge is 0.308 e. The minimum Gasteiger partial charge on any atom is -0.457 e. The predicted octanol–water partition coefficient (Wildman–Crippen LogP) is 5.09. The van der Waals surface area contributed by atoms with Gasteiger partial charge in [0.15, 0.2) is 11.5 Å². The molecule has 0 bridgehead atoms. The Morgan fingerprint density at radius 1 is 1.10 bits per heavy atom. The molecule has 0 spiro atoms. The number of esters is 2. The fourth-order valence-electron chi connectivity index (χ4n) is 2.70. The molecule has 0 aliphatic carbocycles. The number of hydrogen-bond donors (Lipinski definition) is 1. The third kappa shape index (κ3) is 4.48. The Hall–Kier alpha value is -2.49. The minimum absolute atomic E-state index is 0.0794. The number of halogens is 2. The van der Waals surface area contributed by atoms with E-state index in [9.17, 15) is 19.5 Å². The highest BCUT2D eigenvalue weighted by Crippen LogP contribution is 2.38. The van der Waals surface area contributed by atoms with Crippen molar-refractivity contribution in [3.63, 3.8) is 0 Å². The van der Waals surface area contributed by atoms with Crippen LogP contribution >= 0.6 is 31.9 Å². The molecule has 0 radical (unpaired) electrons. The number of fused-ring (bicyclic) bond motifs is 1. The van der Waals surface area contributed by atoms with Gasteiger partial charge in [0.1, 0.15) is 23.2 Å². The normalized spacial score (nSPS) is 13.3. The van der Waals surface area contributed by atoms with Crippen LogP contribution in [0.2, 0.25) is 0 Å². The SMILES string of the molecule is [2H]c1c(OC(C)=O)c([2H])c2oc(C(C)O)c(C(=O)c3cc(Br)c(OC(C)=O)c(Br)c3)c2c1[2H]. The average Bonchev–Trinajstić information content (AvgIpc) is 3.12. The third-order valence-electron chi connectivity index (χ3n) is 3.82. The Kier molecular flexibility index (Phi) is 5.31. The maximum Gasteiger partial charge on any atom is 0.308 e. The lowest BCUT2D eigenvalue weighted by Gasteiger charge is -2.10. The molecule has 1 unspecified atom stereocenters. The summed E-state index contributed by atoms with van der Waals surface area (Å²) in [5.41, 5.74) is -0.405. The van der Waals surface area contributed by atoms with Crippen molar-refractivity contribution in [1.29, 1.82) is 0 Å². The van der Waals surface area contributed by atoms with Crippen LogP contribution in [0.5, 0.6) is 11.5 Å². The number of benzene rings is 2. The molecule has 156 valence electrons. The zero-order valence-electron chi connectivity index (χ0n) is 18.9. The van der Waals surface area contributed by atoms with Crippen LogP contribution in [0, 0.1) is 0 Å². The summed E-state index contributed by atoms with van der Waals surface area (Å²) in [5.74, 6) is -2.58. The Morgan fingerprint density at radius 3 is 2.23 bits per heavy atom. The molecule has 0 aliphatic rings. The molecular formula is C21H16Br2O7. The Labute approximate surface area is 192 Å². The molecule has 0 fully saturated rings. The molecule has 1 N–H and O–H groups in total. The van der Waals surface area contributed by atoms with E-state index in [-0.39, 0.29) is 42.6 Å². The fourth-order valence-corrected chi connectivity index (χ4v) is 4.05. The summed E-state index contributed by atoms with van der Waals surface area (Å²) in [5, 5.41) is 10.1. The van der Waals surface area contributed by atoms with Gasteiger partial charge in [-0.15, -0.1) is 0 Å². The summed E-state index contributed by atoms with van der Waals surface area (Å²) in [6, 6.07) is 1.18. The lowest BCUT2D eigenvalue weighted by molar-refractivity contribution is -0.132. The standard InChI is InChI=1S/C21H16Br2O7/c1-9(24)20-18(14-5-4-13(28-10(2)25)8-17(14)30-20)19(27)12-6-15(22)21(16(23)7-12)29-11(3)26/h4-9,24H,1-3H3/i4D,5D,8D. The van der Waals surface area contributed by atoms with E-state index in [1.807, 2.05) is 0 Å². The fraction of sp³-hybridized carbons (Fsp3) is 0.190. The number of aliphatic hydroxyl groups excluding tert-OH is 1. The summed E-state index contributed by atoms with van der Waals surface area (Å²) < 4.78 is 41.0. The number of carbonyl (C=O) groups excluding carboxylic acids is 3. The van der Waals surface area contributed by atoms with E-state index in [2.05, 4.69) is 31.9 Å². The van der Waals surface area contributed by atoms with Crippen LogP contribution in [0.3, 0.4) is 0 Å². The Morgan fingerprint density at radius 2 is 1.70 bits per heavy atom. The number of furan rings is 1. The summed E-state index contributed by atoms with van der Waals surface area (Å²) in [6.45, 7) is 3.65. The maximum atomic E-state index is 13.5. The summed E-state index contributed by atoms with van der Waals surface area (Å²) in [6.07, 6.45) is -1.30. The number of ether oxygens (including phenoxy) is 2. The molecule has 0 amide bonds. The largest absolute Gasteiger partial charge is 0.457 e. The van der Waals surface area contributed by atoms with Crippen LogP contribution in [0.4, 0.5) is 0 Å². The number of carbonyl (C=O) groups is 3. The molecule has 1 atom stereocenters. The number of hydrogen-bond acceptors (Lipinski definition) is 7. The second kappa shape index (κ2) is 8.71. The first-order valence-electron chi connectivity index (χ1n) is 9.99. The highest BCUT2D eigenvalue weighted by molar-refractivity contribution is 9.11. The van der Waals surface area contributed by atoms with E-state index < -0.39 is 47.7 Å². The molecule has 0 saturated heterocycles. The highest BCUT2D eigenvalue weighted by atomic mass is 79.9. The van der Waals surface area contributed by atoms with E-state index in [1.54, 1.807) is 0 Å². The van der Waals surface area contributed by atoms with E-state index in [0.717, 1.165) is 6.92 Å². The highest BCUT2D eigenvalue weighted by Gasteiger charge is 2.26. The molecule has 2 aromatic carbocycles. The van der Waals surface area contributed by atoms with E-state index in [0.29, 0.717) is 0 Å². The lowest BCUT2D eigenvalue weighted by atomic mass is 9.98. The quantitative estimate of drug-likeness (QED) is 0.272. The minimum atomic E-state index is -1.30. The van der Waals surface area contributed by atoms with Gasteiger partial charge in [-0.3, -0.25) is 14.4 Å². The van der Waals surface area contributed by atoms with Gasteiger partial charge in [0.2, 0.25) is 0 Å². The van der Waals surface area contributed by atoms with Crippen LogP contribution in [0.25, 0.3) is 11.0 Å².